The fraction of sp³-hybridized carbons (Fsp3) is 0.200. The maximum absolute atomic E-state index is 12.1. The minimum absolute atomic E-state index is 0.284. The standard InChI is InChI=1S/C15H16ClN3O2/c1-21-9-8-17-11-6-7-14(18-10-11)19-15(20)12-4-2-3-5-13(12)16/h2-7,10,17H,8-9H2,1H3,(H,18,19,20). The van der Waals surface area contributed by atoms with E-state index in [2.05, 4.69) is 15.6 Å². The summed E-state index contributed by atoms with van der Waals surface area (Å²) < 4.78 is 4.95. The topological polar surface area (TPSA) is 63.2 Å². The van der Waals surface area contributed by atoms with Crippen molar-refractivity contribution in [3.8, 4) is 0 Å². The van der Waals surface area contributed by atoms with E-state index in [1.54, 1.807) is 43.6 Å². The van der Waals surface area contributed by atoms with E-state index in [0.29, 0.717) is 29.6 Å². The lowest BCUT2D eigenvalue weighted by Crippen LogP contribution is -2.13. The van der Waals surface area contributed by atoms with E-state index in [0.717, 1.165) is 5.69 Å². The maximum atomic E-state index is 12.1. The van der Waals surface area contributed by atoms with Crippen LogP contribution in [0, 0.1) is 0 Å². The van der Waals surface area contributed by atoms with Gasteiger partial charge in [0.1, 0.15) is 5.82 Å². The minimum Gasteiger partial charge on any atom is -0.383 e. The summed E-state index contributed by atoms with van der Waals surface area (Å²) in [6, 6.07) is 10.4. The molecule has 2 N–H and O–H groups in total. The Morgan fingerprint density at radius 1 is 1.29 bits per heavy atom. The van der Waals surface area contributed by atoms with Crippen molar-refractivity contribution in [3.05, 3.63) is 53.2 Å². The summed E-state index contributed by atoms with van der Waals surface area (Å²) in [6.45, 7) is 1.31. The fourth-order valence-corrected chi connectivity index (χ4v) is 1.92. The van der Waals surface area contributed by atoms with Crippen molar-refractivity contribution in [2.75, 3.05) is 30.9 Å². The van der Waals surface area contributed by atoms with Gasteiger partial charge in [-0.2, -0.15) is 0 Å². The number of halogens is 1. The zero-order chi connectivity index (χ0) is 15.1. The highest BCUT2D eigenvalue weighted by Crippen LogP contribution is 2.17. The molecular formula is C15H16ClN3O2. The number of pyridine rings is 1. The van der Waals surface area contributed by atoms with Gasteiger partial charge in [-0.25, -0.2) is 4.98 Å². The van der Waals surface area contributed by atoms with E-state index in [4.69, 9.17) is 16.3 Å². The van der Waals surface area contributed by atoms with Crippen LogP contribution in [-0.2, 0) is 4.74 Å². The van der Waals surface area contributed by atoms with Gasteiger partial charge in [-0.05, 0) is 24.3 Å². The van der Waals surface area contributed by atoms with Gasteiger partial charge in [-0.1, -0.05) is 23.7 Å². The highest BCUT2D eigenvalue weighted by Gasteiger charge is 2.10. The van der Waals surface area contributed by atoms with Crippen LogP contribution in [0.15, 0.2) is 42.6 Å². The van der Waals surface area contributed by atoms with Crippen LogP contribution >= 0.6 is 11.6 Å². The minimum atomic E-state index is -0.284. The van der Waals surface area contributed by atoms with Crippen molar-refractivity contribution in [3.63, 3.8) is 0 Å². The first-order valence-electron chi connectivity index (χ1n) is 6.45. The molecule has 0 radical (unpaired) electrons. The number of carbonyl (C=O) groups excluding carboxylic acids is 1. The van der Waals surface area contributed by atoms with Crippen molar-refractivity contribution >= 4 is 29.0 Å². The Balaban J connectivity index is 1.97. The molecule has 0 spiro atoms. The smallest absolute Gasteiger partial charge is 0.258 e. The number of aromatic nitrogens is 1. The van der Waals surface area contributed by atoms with Crippen LogP contribution in [0.5, 0.6) is 0 Å². The molecule has 0 atom stereocenters. The van der Waals surface area contributed by atoms with E-state index in [9.17, 15) is 4.79 Å². The molecule has 110 valence electrons. The van der Waals surface area contributed by atoms with E-state index >= 15 is 0 Å². The van der Waals surface area contributed by atoms with Gasteiger partial charge < -0.3 is 15.4 Å². The number of nitrogens with zero attached hydrogens (tertiary/aromatic N) is 1. The van der Waals surface area contributed by atoms with Crippen LogP contribution < -0.4 is 10.6 Å². The quantitative estimate of drug-likeness (QED) is 0.805. The highest BCUT2D eigenvalue weighted by atomic mass is 35.5. The summed E-state index contributed by atoms with van der Waals surface area (Å²) in [7, 11) is 1.65. The van der Waals surface area contributed by atoms with E-state index in [1.807, 2.05) is 6.07 Å². The number of anilines is 2. The zero-order valence-electron chi connectivity index (χ0n) is 11.6. The average molecular weight is 306 g/mol. The molecule has 1 amide bonds. The molecule has 0 fully saturated rings. The molecule has 0 aliphatic heterocycles. The molecule has 1 heterocycles. The summed E-state index contributed by atoms with van der Waals surface area (Å²) in [5.74, 6) is 0.186. The second-order valence-corrected chi connectivity index (χ2v) is 4.69. The Kier molecular flexibility index (Phi) is 5.54. The van der Waals surface area contributed by atoms with Crippen molar-refractivity contribution in [2.24, 2.45) is 0 Å². The Labute approximate surface area is 128 Å². The summed E-state index contributed by atoms with van der Waals surface area (Å²) in [5, 5.41) is 6.26. The number of hydrogen-bond donors (Lipinski definition) is 2. The summed E-state index contributed by atoms with van der Waals surface area (Å²) in [4.78, 5) is 16.2. The predicted octanol–water partition coefficient (Wildman–Crippen LogP) is 3.05. The van der Waals surface area contributed by atoms with E-state index < -0.39 is 0 Å². The van der Waals surface area contributed by atoms with Gasteiger partial charge in [0.05, 0.1) is 29.1 Å². The maximum Gasteiger partial charge on any atom is 0.258 e. The van der Waals surface area contributed by atoms with Crippen LogP contribution in [0.3, 0.4) is 0 Å². The second kappa shape index (κ2) is 7.61. The molecule has 0 bridgehead atoms. The lowest BCUT2D eigenvalue weighted by atomic mass is 10.2. The number of ether oxygens (including phenoxy) is 1. The fourth-order valence-electron chi connectivity index (χ4n) is 1.70. The molecule has 0 aliphatic rings. The summed E-state index contributed by atoms with van der Waals surface area (Å²) in [5.41, 5.74) is 1.28. The molecule has 6 heteroatoms. The van der Waals surface area contributed by atoms with Crippen molar-refractivity contribution in [2.45, 2.75) is 0 Å². The first kappa shape index (κ1) is 15.3. The lowest BCUT2D eigenvalue weighted by molar-refractivity contribution is 0.102. The average Bonchev–Trinajstić information content (AvgIpc) is 2.49. The predicted molar refractivity (Wildman–Crippen MR) is 84.0 cm³/mol. The van der Waals surface area contributed by atoms with Crippen LogP contribution in [-0.4, -0.2) is 31.2 Å². The Morgan fingerprint density at radius 2 is 2.10 bits per heavy atom. The van der Waals surface area contributed by atoms with Gasteiger partial charge in [0.25, 0.3) is 5.91 Å². The van der Waals surface area contributed by atoms with Crippen LogP contribution in [0.25, 0.3) is 0 Å². The lowest BCUT2D eigenvalue weighted by Gasteiger charge is -2.08. The SMILES string of the molecule is COCCNc1ccc(NC(=O)c2ccccc2Cl)nc1. The van der Waals surface area contributed by atoms with E-state index in [-0.39, 0.29) is 5.91 Å². The second-order valence-electron chi connectivity index (χ2n) is 4.29. The summed E-state index contributed by atoms with van der Waals surface area (Å²) in [6.07, 6.45) is 1.65. The Bertz CT molecular complexity index is 602. The number of rotatable bonds is 6. The van der Waals surface area contributed by atoms with Gasteiger partial charge in [0.2, 0.25) is 0 Å². The molecule has 0 saturated carbocycles. The molecule has 1 aromatic heterocycles. The molecule has 21 heavy (non-hydrogen) atoms. The highest BCUT2D eigenvalue weighted by molar-refractivity contribution is 6.34. The van der Waals surface area contributed by atoms with Crippen LogP contribution in [0.4, 0.5) is 11.5 Å². The Morgan fingerprint density at radius 3 is 2.76 bits per heavy atom. The van der Waals surface area contributed by atoms with Crippen molar-refractivity contribution < 1.29 is 9.53 Å². The van der Waals surface area contributed by atoms with Gasteiger partial charge in [0, 0.05) is 13.7 Å². The number of carbonyl (C=O) groups is 1. The Hall–Kier alpha value is -2.11. The molecule has 0 aliphatic carbocycles. The van der Waals surface area contributed by atoms with Crippen LogP contribution in [0.1, 0.15) is 10.4 Å². The largest absolute Gasteiger partial charge is 0.383 e. The first-order valence-corrected chi connectivity index (χ1v) is 6.83. The zero-order valence-corrected chi connectivity index (χ0v) is 12.4. The molecule has 5 nitrogen and oxygen atoms in total. The molecular weight excluding hydrogens is 290 g/mol. The number of nitrogens with one attached hydrogen (secondary N) is 2. The third kappa shape index (κ3) is 4.44. The summed E-state index contributed by atoms with van der Waals surface area (Å²) >= 11 is 5.98. The van der Waals surface area contributed by atoms with Gasteiger partial charge in [0.15, 0.2) is 0 Å². The van der Waals surface area contributed by atoms with Crippen molar-refractivity contribution in [1.29, 1.82) is 0 Å². The number of methoxy groups -OCH3 is 1. The molecule has 2 aromatic rings. The third-order valence-electron chi connectivity index (χ3n) is 2.76. The molecule has 2 rings (SSSR count). The molecule has 1 aromatic carbocycles. The third-order valence-corrected chi connectivity index (χ3v) is 3.09. The van der Waals surface area contributed by atoms with E-state index in [1.165, 1.54) is 0 Å². The molecule has 0 saturated heterocycles. The van der Waals surface area contributed by atoms with Gasteiger partial charge >= 0.3 is 0 Å². The van der Waals surface area contributed by atoms with Crippen molar-refractivity contribution in [1.82, 2.24) is 4.98 Å². The normalized spacial score (nSPS) is 10.2. The number of benzene rings is 1. The number of amides is 1. The monoisotopic (exact) mass is 305 g/mol. The first-order chi connectivity index (χ1) is 10.2. The molecule has 0 unspecified atom stereocenters. The van der Waals surface area contributed by atoms with Gasteiger partial charge in [-0.15, -0.1) is 0 Å². The van der Waals surface area contributed by atoms with Gasteiger partial charge in [-0.3, -0.25) is 4.79 Å². The number of hydrogen-bond acceptors (Lipinski definition) is 4. The van der Waals surface area contributed by atoms with Crippen LogP contribution in [0.2, 0.25) is 5.02 Å².